The van der Waals surface area contributed by atoms with Crippen molar-refractivity contribution in [2.75, 3.05) is 25.0 Å². The molecule has 1 aromatic carbocycles. The Bertz CT molecular complexity index is 371. The van der Waals surface area contributed by atoms with E-state index in [4.69, 9.17) is 11.0 Å². The minimum atomic E-state index is -0.367. The van der Waals surface area contributed by atoms with Gasteiger partial charge in [0.2, 0.25) is 0 Å². The van der Waals surface area contributed by atoms with E-state index in [1.807, 2.05) is 6.07 Å². The van der Waals surface area contributed by atoms with Gasteiger partial charge in [-0.3, -0.25) is 0 Å². The fourth-order valence-corrected chi connectivity index (χ4v) is 1.33. The SMILES string of the molecule is CN(CCCN)c1ccc(C#N)cc1F. The molecule has 0 aliphatic rings. The van der Waals surface area contributed by atoms with Crippen LogP contribution in [0.2, 0.25) is 0 Å². The van der Waals surface area contributed by atoms with Crippen molar-refractivity contribution in [3.63, 3.8) is 0 Å². The molecule has 80 valence electrons. The molecule has 0 saturated heterocycles. The Morgan fingerprint density at radius 1 is 1.53 bits per heavy atom. The maximum atomic E-state index is 13.5. The van der Waals surface area contributed by atoms with Gasteiger partial charge in [-0.05, 0) is 31.2 Å². The Kier molecular flexibility index (Phi) is 4.07. The van der Waals surface area contributed by atoms with E-state index in [-0.39, 0.29) is 5.82 Å². The predicted molar refractivity (Wildman–Crippen MR) is 58.1 cm³/mol. The summed E-state index contributed by atoms with van der Waals surface area (Å²) in [6, 6.07) is 6.37. The van der Waals surface area contributed by atoms with Crippen LogP contribution in [0.25, 0.3) is 0 Å². The van der Waals surface area contributed by atoms with Crippen molar-refractivity contribution >= 4 is 5.69 Å². The molecule has 15 heavy (non-hydrogen) atoms. The van der Waals surface area contributed by atoms with Gasteiger partial charge >= 0.3 is 0 Å². The second kappa shape index (κ2) is 5.32. The molecule has 0 atom stereocenters. The first-order chi connectivity index (χ1) is 7.19. The molecule has 1 aromatic rings. The van der Waals surface area contributed by atoms with Gasteiger partial charge in [0.15, 0.2) is 0 Å². The Balaban J connectivity index is 2.82. The van der Waals surface area contributed by atoms with Crippen LogP contribution in [-0.2, 0) is 0 Å². The lowest BCUT2D eigenvalue weighted by molar-refractivity contribution is 0.620. The number of rotatable bonds is 4. The molecule has 0 spiro atoms. The van der Waals surface area contributed by atoms with E-state index in [1.165, 1.54) is 6.07 Å². The zero-order valence-electron chi connectivity index (χ0n) is 8.70. The fraction of sp³-hybridized carbons (Fsp3) is 0.364. The molecule has 4 heteroatoms. The molecule has 0 radical (unpaired) electrons. The molecule has 0 unspecified atom stereocenters. The number of nitrogens with two attached hydrogens (primary N) is 1. The minimum absolute atomic E-state index is 0.337. The Morgan fingerprint density at radius 3 is 2.80 bits per heavy atom. The minimum Gasteiger partial charge on any atom is -0.372 e. The monoisotopic (exact) mass is 207 g/mol. The number of hydrogen-bond acceptors (Lipinski definition) is 3. The second-order valence-electron chi connectivity index (χ2n) is 3.34. The summed E-state index contributed by atoms with van der Waals surface area (Å²) in [5.74, 6) is -0.367. The topological polar surface area (TPSA) is 53.0 Å². The van der Waals surface area contributed by atoms with Crippen LogP contribution in [0.3, 0.4) is 0 Å². The first-order valence-electron chi connectivity index (χ1n) is 4.80. The first-order valence-corrected chi connectivity index (χ1v) is 4.80. The van der Waals surface area contributed by atoms with Crippen LogP contribution in [0.4, 0.5) is 10.1 Å². The largest absolute Gasteiger partial charge is 0.372 e. The Labute approximate surface area is 88.9 Å². The van der Waals surface area contributed by atoms with Crippen LogP contribution >= 0.6 is 0 Å². The van der Waals surface area contributed by atoms with Crippen LogP contribution in [-0.4, -0.2) is 20.1 Å². The molecule has 0 fully saturated rings. The maximum absolute atomic E-state index is 13.5. The summed E-state index contributed by atoms with van der Waals surface area (Å²) in [5.41, 5.74) is 6.21. The average Bonchev–Trinajstić information content (AvgIpc) is 2.25. The third kappa shape index (κ3) is 2.93. The van der Waals surface area contributed by atoms with E-state index in [0.29, 0.717) is 24.3 Å². The van der Waals surface area contributed by atoms with Crippen molar-refractivity contribution in [1.82, 2.24) is 0 Å². The molecule has 0 aliphatic heterocycles. The quantitative estimate of drug-likeness (QED) is 0.813. The number of halogens is 1. The van der Waals surface area contributed by atoms with Crippen LogP contribution in [0.1, 0.15) is 12.0 Å². The summed E-state index contributed by atoms with van der Waals surface area (Å²) in [5, 5.41) is 8.59. The van der Waals surface area contributed by atoms with Gasteiger partial charge < -0.3 is 10.6 Å². The summed E-state index contributed by atoms with van der Waals surface area (Å²) < 4.78 is 13.5. The number of hydrogen-bond donors (Lipinski definition) is 1. The normalized spacial score (nSPS) is 9.73. The summed E-state index contributed by atoms with van der Waals surface area (Å²) in [4.78, 5) is 1.79. The zero-order chi connectivity index (χ0) is 11.3. The highest BCUT2D eigenvalue weighted by molar-refractivity contribution is 5.50. The fourth-order valence-electron chi connectivity index (χ4n) is 1.33. The zero-order valence-corrected chi connectivity index (χ0v) is 8.70. The van der Waals surface area contributed by atoms with Crippen LogP contribution < -0.4 is 10.6 Å². The molecular formula is C11H14FN3. The van der Waals surface area contributed by atoms with Crippen LogP contribution in [0.15, 0.2) is 18.2 Å². The summed E-state index contributed by atoms with van der Waals surface area (Å²) in [6.45, 7) is 1.29. The van der Waals surface area contributed by atoms with Crippen molar-refractivity contribution in [1.29, 1.82) is 5.26 Å². The third-order valence-corrected chi connectivity index (χ3v) is 2.19. The lowest BCUT2D eigenvalue weighted by Crippen LogP contribution is -2.21. The highest BCUT2D eigenvalue weighted by Gasteiger charge is 2.07. The van der Waals surface area contributed by atoms with Crippen molar-refractivity contribution < 1.29 is 4.39 Å². The van der Waals surface area contributed by atoms with Gasteiger partial charge in [0.25, 0.3) is 0 Å². The van der Waals surface area contributed by atoms with Gasteiger partial charge in [0, 0.05) is 13.6 Å². The van der Waals surface area contributed by atoms with E-state index in [2.05, 4.69) is 0 Å². The highest BCUT2D eigenvalue weighted by Crippen LogP contribution is 2.19. The van der Waals surface area contributed by atoms with Crippen LogP contribution in [0, 0.1) is 17.1 Å². The van der Waals surface area contributed by atoms with Gasteiger partial charge in [-0.1, -0.05) is 0 Å². The Hall–Kier alpha value is -1.60. The van der Waals surface area contributed by atoms with Gasteiger partial charge in [-0.2, -0.15) is 5.26 Å². The summed E-state index contributed by atoms with van der Waals surface area (Å²) in [6.07, 6.45) is 0.815. The van der Waals surface area contributed by atoms with Crippen LogP contribution in [0.5, 0.6) is 0 Å². The maximum Gasteiger partial charge on any atom is 0.147 e. The molecule has 2 N–H and O–H groups in total. The Morgan fingerprint density at radius 2 is 2.27 bits per heavy atom. The van der Waals surface area contributed by atoms with Crippen molar-refractivity contribution in [3.8, 4) is 6.07 Å². The molecule has 0 aliphatic carbocycles. The van der Waals surface area contributed by atoms with E-state index in [0.717, 1.165) is 6.42 Å². The number of benzene rings is 1. The number of anilines is 1. The molecular weight excluding hydrogens is 193 g/mol. The molecule has 0 heterocycles. The van der Waals surface area contributed by atoms with Crippen molar-refractivity contribution in [3.05, 3.63) is 29.6 Å². The number of nitriles is 1. The smallest absolute Gasteiger partial charge is 0.147 e. The van der Waals surface area contributed by atoms with Gasteiger partial charge in [0.05, 0.1) is 17.3 Å². The van der Waals surface area contributed by atoms with Crippen molar-refractivity contribution in [2.45, 2.75) is 6.42 Å². The van der Waals surface area contributed by atoms with Gasteiger partial charge in [-0.25, -0.2) is 4.39 Å². The molecule has 0 amide bonds. The van der Waals surface area contributed by atoms with E-state index in [9.17, 15) is 4.39 Å². The standard InChI is InChI=1S/C11H14FN3/c1-15(6-2-5-13)11-4-3-9(8-14)7-10(11)12/h3-4,7H,2,5-6,13H2,1H3. The van der Waals surface area contributed by atoms with E-state index >= 15 is 0 Å². The summed E-state index contributed by atoms with van der Waals surface area (Å²) in [7, 11) is 1.81. The molecule has 1 rings (SSSR count). The summed E-state index contributed by atoms with van der Waals surface area (Å²) >= 11 is 0. The van der Waals surface area contributed by atoms with Gasteiger partial charge in [0.1, 0.15) is 5.82 Å². The molecule has 0 bridgehead atoms. The predicted octanol–water partition coefficient (Wildman–Crippen LogP) is 1.48. The van der Waals surface area contributed by atoms with E-state index < -0.39 is 0 Å². The average molecular weight is 207 g/mol. The van der Waals surface area contributed by atoms with Gasteiger partial charge in [-0.15, -0.1) is 0 Å². The lowest BCUT2D eigenvalue weighted by Gasteiger charge is -2.19. The number of nitrogens with zero attached hydrogens (tertiary/aromatic N) is 2. The highest BCUT2D eigenvalue weighted by atomic mass is 19.1. The second-order valence-corrected chi connectivity index (χ2v) is 3.34. The molecule has 0 aromatic heterocycles. The third-order valence-electron chi connectivity index (χ3n) is 2.19. The van der Waals surface area contributed by atoms with Crippen molar-refractivity contribution in [2.24, 2.45) is 5.73 Å². The molecule has 3 nitrogen and oxygen atoms in total. The van der Waals surface area contributed by atoms with E-state index in [1.54, 1.807) is 24.1 Å². The lowest BCUT2D eigenvalue weighted by atomic mass is 10.2. The first kappa shape index (κ1) is 11.5. The molecule has 0 saturated carbocycles.